The van der Waals surface area contributed by atoms with Gasteiger partial charge in [-0.25, -0.2) is 10.8 Å². The minimum atomic E-state index is -0.159. The van der Waals surface area contributed by atoms with Crippen LogP contribution in [-0.4, -0.2) is 29.8 Å². The van der Waals surface area contributed by atoms with Crippen LogP contribution < -0.4 is 16.0 Å². The van der Waals surface area contributed by atoms with Gasteiger partial charge in [0.05, 0.1) is 18.8 Å². The van der Waals surface area contributed by atoms with E-state index in [1.54, 1.807) is 0 Å². The number of hydrogen-bond acceptors (Lipinski definition) is 6. The first kappa shape index (κ1) is 15.0. The number of nitrogens with one attached hydrogen (secondary N) is 1. The van der Waals surface area contributed by atoms with E-state index in [-0.39, 0.29) is 5.41 Å². The van der Waals surface area contributed by atoms with E-state index in [4.69, 9.17) is 15.3 Å². The Morgan fingerprint density at radius 3 is 2.70 bits per heavy atom. The lowest BCUT2D eigenvalue weighted by Gasteiger charge is -2.20. The van der Waals surface area contributed by atoms with Crippen molar-refractivity contribution in [1.29, 1.82) is 0 Å². The summed E-state index contributed by atoms with van der Waals surface area (Å²) in [5.41, 5.74) is 3.29. The summed E-state index contributed by atoms with van der Waals surface area (Å²) < 4.78 is 11.2. The number of nitrogens with zero attached hydrogens (tertiary/aromatic N) is 2. The molecular formula is C14H24N4O2. The molecule has 1 fully saturated rings. The molecule has 2 rings (SSSR count). The summed E-state index contributed by atoms with van der Waals surface area (Å²) in [6.45, 7) is 10.3. The van der Waals surface area contributed by atoms with Crippen LogP contribution in [-0.2, 0) is 10.2 Å². The van der Waals surface area contributed by atoms with Crippen molar-refractivity contribution in [1.82, 2.24) is 9.97 Å². The van der Waals surface area contributed by atoms with Crippen LogP contribution in [0.5, 0.6) is 5.88 Å². The molecule has 6 heteroatoms. The average molecular weight is 280 g/mol. The van der Waals surface area contributed by atoms with Gasteiger partial charge in [-0.15, -0.1) is 0 Å². The van der Waals surface area contributed by atoms with Crippen molar-refractivity contribution in [2.24, 2.45) is 11.8 Å². The lowest BCUT2D eigenvalue weighted by molar-refractivity contribution is 0.165. The van der Waals surface area contributed by atoms with Crippen molar-refractivity contribution in [2.45, 2.75) is 39.5 Å². The summed E-state index contributed by atoms with van der Waals surface area (Å²) in [4.78, 5) is 8.99. The average Bonchev–Trinajstić information content (AvgIpc) is 2.89. The Morgan fingerprint density at radius 2 is 2.15 bits per heavy atom. The van der Waals surface area contributed by atoms with E-state index in [9.17, 15) is 0 Å². The van der Waals surface area contributed by atoms with Crippen LogP contribution >= 0.6 is 0 Å². The summed E-state index contributed by atoms with van der Waals surface area (Å²) >= 11 is 0. The first-order valence-corrected chi connectivity index (χ1v) is 6.98. The molecule has 0 bridgehead atoms. The third-order valence-corrected chi connectivity index (χ3v) is 3.39. The summed E-state index contributed by atoms with van der Waals surface area (Å²) in [6.07, 6.45) is 1.04. The number of anilines is 1. The number of aromatic nitrogens is 2. The van der Waals surface area contributed by atoms with E-state index < -0.39 is 0 Å². The van der Waals surface area contributed by atoms with Gasteiger partial charge in [0, 0.05) is 17.9 Å². The molecule has 6 nitrogen and oxygen atoms in total. The van der Waals surface area contributed by atoms with Crippen LogP contribution in [0.1, 0.15) is 38.6 Å². The highest BCUT2D eigenvalue weighted by Crippen LogP contribution is 2.27. The Kier molecular flexibility index (Phi) is 4.45. The predicted molar refractivity (Wildman–Crippen MR) is 77.7 cm³/mol. The molecule has 1 aliphatic heterocycles. The second-order valence-electron chi connectivity index (χ2n) is 6.26. The predicted octanol–water partition coefficient (Wildman–Crippen LogP) is 1.78. The number of nitrogen functional groups attached to an aromatic ring is 1. The van der Waals surface area contributed by atoms with E-state index in [1.807, 2.05) is 6.92 Å². The minimum absolute atomic E-state index is 0.159. The van der Waals surface area contributed by atoms with Gasteiger partial charge in [-0.1, -0.05) is 20.8 Å². The summed E-state index contributed by atoms with van der Waals surface area (Å²) in [7, 11) is 0. The van der Waals surface area contributed by atoms with Gasteiger partial charge < -0.3 is 14.9 Å². The SMILES string of the molecule is Cc1c(NN)nc(C(C)(C)C)nc1OCC1CCOC1. The van der Waals surface area contributed by atoms with Crippen molar-refractivity contribution < 1.29 is 9.47 Å². The molecule has 20 heavy (non-hydrogen) atoms. The molecule has 1 saturated heterocycles. The highest BCUT2D eigenvalue weighted by molar-refractivity contribution is 5.48. The molecule has 0 spiro atoms. The fourth-order valence-electron chi connectivity index (χ4n) is 2.02. The maximum atomic E-state index is 5.87. The van der Waals surface area contributed by atoms with E-state index in [2.05, 4.69) is 36.2 Å². The molecule has 0 radical (unpaired) electrons. The van der Waals surface area contributed by atoms with Gasteiger partial charge >= 0.3 is 0 Å². The second-order valence-corrected chi connectivity index (χ2v) is 6.26. The van der Waals surface area contributed by atoms with E-state index in [0.717, 1.165) is 25.2 Å². The standard InChI is InChI=1S/C14H24N4O2/c1-9-11(18-15)16-13(14(2,3)4)17-12(9)20-8-10-5-6-19-7-10/h10H,5-8,15H2,1-4H3,(H,16,17,18). The molecular weight excluding hydrogens is 256 g/mol. The van der Waals surface area contributed by atoms with Crippen LogP contribution in [0.15, 0.2) is 0 Å². The fraction of sp³-hybridized carbons (Fsp3) is 0.714. The maximum absolute atomic E-state index is 5.87. The van der Waals surface area contributed by atoms with Crippen LogP contribution in [0.3, 0.4) is 0 Å². The second kappa shape index (κ2) is 5.93. The zero-order valence-corrected chi connectivity index (χ0v) is 12.7. The monoisotopic (exact) mass is 280 g/mol. The Balaban J connectivity index is 2.21. The third kappa shape index (κ3) is 3.37. The molecule has 0 saturated carbocycles. The Hall–Kier alpha value is -1.40. The van der Waals surface area contributed by atoms with Gasteiger partial charge in [-0.05, 0) is 13.3 Å². The first-order chi connectivity index (χ1) is 9.41. The van der Waals surface area contributed by atoms with Crippen LogP contribution in [0.25, 0.3) is 0 Å². The molecule has 112 valence electrons. The third-order valence-electron chi connectivity index (χ3n) is 3.39. The lowest BCUT2D eigenvalue weighted by atomic mass is 9.95. The first-order valence-electron chi connectivity index (χ1n) is 6.98. The topological polar surface area (TPSA) is 82.3 Å². The largest absolute Gasteiger partial charge is 0.477 e. The van der Waals surface area contributed by atoms with Gasteiger partial charge in [0.2, 0.25) is 5.88 Å². The van der Waals surface area contributed by atoms with Gasteiger partial charge in [0.1, 0.15) is 5.82 Å². The highest BCUT2D eigenvalue weighted by Gasteiger charge is 2.23. The summed E-state index contributed by atoms with van der Waals surface area (Å²) in [6, 6.07) is 0. The molecule has 1 aromatic heterocycles. The molecule has 0 aromatic carbocycles. The molecule has 3 N–H and O–H groups in total. The van der Waals surface area contributed by atoms with Gasteiger partial charge in [0.25, 0.3) is 0 Å². The quantitative estimate of drug-likeness (QED) is 0.646. The Bertz CT molecular complexity index is 465. The van der Waals surface area contributed by atoms with Crippen LogP contribution in [0.4, 0.5) is 5.82 Å². The van der Waals surface area contributed by atoms with E-state index in [0.29, 0.717) is 30.0 Å². The summed E-state index contributed by atoms with van der Waals surface area (Å²) in [5.74, 6) is 7.91. The molecule has 1 aromatic rings. The van der Waals surface area contributed by atoms with Crippen molar-refractivity contribution in [3.8, 4) is 5.88 Å². The van der Waals surface area contributed by atoms with E-state index >= 15 is 0 Å². The number of nitrogens with two attached hydrogens (primary N) is 1. The molecule has 0 aliphatic carbocycles. The van der Waals surface area contributed by atoms with Crippen molar-refractivity contribution in [2.75, 3.05) is 25.2 Å². The lowest BCUT2D eigenvalue weighted by Crippen LogP contribution is -2.21. The number of hydrogen-bond donors (Lipinski definition) is 2. The molecule has 0 amide bonds. The van der Waals surface area contributed by atoms with Gasteiger partial charge in [-0.3, -0.25) is 0 Å². The Morgan fingerprint density at radius 1 is 1.40 bits per heavy atom. The normalized spacial score (nSPS) is 19.1. The smallest absolute Gasteiger partial charge is 0.221 e. The molecule has 1 atom stereocenters. The Labute approximate surface area is 120 Å². The zero-order chi connectivity index (χ0) is 14.8. The molecule has 1 aliphatic rings. The van der Waals surface area contributed by atoms with Gasteiger partial charge in [-0.2, -0.15) is 4.98 Å². The van der Waals surface area contributed by atoms with Crippen molar-refractivity contribution in [3.63, 3.8) is 0 Å². The zero-order valence-electron chi connectivity index (χ0n) is 12.7. The summed E-state index contributed by atoms with van der Waals surface area (Å²) in [5, 5.41) is 0. The maximum Gasteiger partial charge on any atom is 0.221 e. The van der Waals surface area contributed by atoms with Crippen molar-refractivity contribution in [3.05, 3.63) is 11.4 Å². The van der Waals surface area contributed by atoms with Gasteiger partial charge in [0.15, 0.2) is 5.82 Å². The number of rotatable bonds is 4. The number of hydrazine groups is 1. The molecule has 1 unspecified atom stereocenters. The van der Waals surface area contributed by atoms with E-state index in [1.165, 1.54) is 0 Å². The van der Waals surface area contributed by atoms with Crippen LogP contribution in [0.2, 0.25) is 0 Å². The number of ether oxygens (including phenoxy) is 2. The minimum Gasteiger partial charge on any atom is -0.477 e. The highest BCUT2D eigenvalue weighted by atomic mass is 16.5. The van der Waals surface area contributed by atoms with Crippen molar-refractivity contribution >= 4 is 5.82 Å². The van der Waals surface area contributed by atoms with Crippen LogP contribution in [0, 0.1) is 12.8 Å². The fourth-order valence-corrected chi connectivity index (χ4v) is 2.02. The molecule has 2 heterocycles.